The lowest BCUT2D eigenvalue weighted by Gasteiger charge is -2.29. The molecule has 1 aliphatic carbocycles. The lowest BCUT2D eigenvalue weighted by Crippen LogP contribution is -2.41. The van der Waals surface area contributed by atoms with Crippen molar-refractivity contribution < 1.29 is 4.79 Å². The van der Waals surface area contributed by atoms with Crippen LogP contribution in [-0.2, 0) is 11.2 Å². The van der Waals surface area contributed by atoms with Crippen LogP contribution in [0.3, 0.4) is 0 Å². The first-order valence-corrected chi connectivity index (χ1v) is 11.0. The summed E-state index contributed by atoms with van der Waals surface area (Å²) in [5.74, 6) is 0.950. The smallest absolute Gasteiger partial charge is 0.230 e. The number of carbonyl (C=O) groups is 1. The molecule has 1 heterocycles. The Hall–Kier alpha value is -1.89. The molecule has 0 bridgehead atoms. The molecule has 146 valence electrons. The van der Waals surface area contributed by atoms with E-state index in [0.717, 1.165) is 18.5 Å². The van der Waals surface area contributed by atoms with Crippen LogP contribution in [0, 0.1) is 5.92 Å². The zero-order valence-electron chi connectivity index (χ0n) is 16.2. The molecule has 6 nitrogen and oxygen atoms in total. The molecule has 1 aromatic carbocycles. The van der Waals surface area contributed by atoms with E-state index in [2.05, 4.69) is 46.8 Å². The summed E-state index contributed by atoms with van der Waals surface area (Å²) < 4.78 is 1.70. The third-order valence-electron chi connectivity index (χ3n) is 5.23. The Morgan fingerprint density at radius 3 is 2.78 bits per heavy atom. The molecule has 1 saturated carbocycles. The highest BCUT2D eigenvalue weighted by Gasteiger charge is 2.23. The van der Waals surface area contributed by atoms with Crippen molar-refractivity contribution in [3.63, 3.8) is 0 Å². The van der Waals surface area contributed by atoms with Crippen LogP contribution in [0.2, 0.25) is 0 Å². The van der Waals surface area contributed by atoms with Crippen molar-refractivity contribution >= 4 is 17.7 Å². The highest BCUT2D eigenvalue weighted by Crippen LogP contribution is 2.24. The largest absolute Gasteiger partial charge is 0.352 e. The van der Waals surface area contributed by atoms with Gasteiger partial charge in [-0.3, -0.25) is 4.79 Å². The summed E-state index contributed by atoms with van der Waals surface area (Å²) in [6.07, 6.45) is 8.23. The van der Waals surface area contributed by atoms with Crippen molar-refractivity contribution in [1.82, 2.24) is 25.5 Å². The number of nitrogens with one attached hydrogen (secondary N) is 1. The summed E-state index contributed by atoms with van der Waals surface area (Å²) in [6, 6.07) is 8.62. The minimum absolute atomic E-state index is 0.0585. The fourth-order valence-corrected chi connectivity index (χ4v) is 4.23. The van der Waals surface area contributed by atoms with E-state index in [1.165, 1.54) is 49.4 Å². The van der Waals surface area contributed by atoms with E-state index >= 15 is 0 Å². The topological polar surface area (TPSA) is 72.7 Å². The number of hydrogen-bond donors (Lipinski definition) is 1. The van der Waals surface area contributed by atoms with Crippen LogP contribution in [0.25, 0.3) is 5.69 Å². The molecule has 3 rings (SSSR count). The molecule has 2 aromatic rings. The summed E-state index contributed by atoms with van der Waals surface area (Å²) in [5.41, 5.74) is 2.24. The Kier molecular flexibility index (Phi) is 7.26. The molecule has 1 N–H and O–H groups in total. The third kappa shape index (κ3) is 5.54. The minimum atomic E-state index is 0.0585. The predicted molar refractivity (Wildman–Crippen MR) is 108 cm³/mol. The molecule has 2 atom stereocenters. The second-order valence-corrected chi connectivity index (χ2v) is 8.31. The van der Waals surface area contributed by atoms with E-state index in [4.69, 9.17) is 0 Å². The first-order chi connectivity index (χ1) is 13.2. The standard InChI is InChI=1S/C20H29N5OS/c1-3-4-8-16-10-12-17(13-11-16)25-20(22-23-24-25)27-14-19(26)21-18-9-6-5-7-15(18)2/h10-13,15,18H,3-9,14H2,1-2H3,(H,21,26)/t15-,18+/m0/s1. The van der Waals surface area contributed by atoms with Gasteiger partial charge in [0.15, 0.2) is 0 Å². The average molecular weight is 388 g/mol. The summed E-state index contributed by atoms with van der Waals surface area (Å²) >= 11 is 1.38. The quantitative estimate of drug-likeness (QED) is 0.698. The predicted octanol–water partition coefficient (Wildman–Crippen LogP) is 3.79. The van der Waals surface area contributed by atoms with Gasteiger partial charge < -0.3 is 5.32 Å². The van der Waals surface area contributed by atoms with E-state index in [9.17, 15) is 4.79 Å². The van der Waals surface area contributed by atoms with Crippen LogP contribution in [0.15, 0.2) is 29.4 Å². The SMILES string of the molecule is CCCCc1ccc(-n2nnnc2SCC(=O)N[C@@H]2CCCC[C@@H]2C)cc1. The lowest BCUT2D eigenvalue weighted by molar-refractivity contribution is -0.119. The number of aryl methyl sites for hydroxylation is 1. The molecular weight excluding hydrogens is 358 g/mol. The number of carbonyl (C=O) groups excluding carboxylic acids is 1. The van der Waals surface area contributed by atoms with E-state index in [1.807, 2.05) is 12.1 Å². The van der Waals surface area contributed by atoms with Crippen molar-refractivity contribution in [3.05, 3.63) is 29.8 Å². The van der Waals surface area contributed by atoms with Crippen LogP contribution >= 0.6 is 11.8 Å². The van der Waals surface area contributed by atoms with Gasteiger partial charge in [0.2, 0.25) is 11.1 Å². The minimum Gasteiger partial charge on any atom is -0.352 e. The zero-order chi connectivity index (χ0) is 19.1. The van der Waals surface area contributed by atoms with Gasteiger partial charge in [0, 0.05) is 6.04 Å². The molecule has 7 heteroatoms. The van der Waals surface area contributed by atoms with E-state index in [0.29, 0.717) is 22.9 Å². The van der Waals surface area contributed by atoms with Crippen LogP contribution in [0.4, 0.5) is 0 Å². The molecule has 1 fully saturated rings. The summed E-state index contributed by atoms with van der Waals surface area (Å²) in [5, 5.41) is 15.8. The van der Waals surface area contributed by atoms with Gasteiger partial charge in [-0.05, 0) is 59.7 Å². The van der Waals surface area contributed by atoms with Crippen molar-refractivity contribution in [2.45, 2.75) is 70.0 Å². The second kappa shape index (κ2) is 9.88. The Bertz CT molecular complexity index is 730. The van der Waals surface area contributed by atoms with Crippen LogP contribution in [0.1, 0.15) is 57.9 Å². The molecule has 1 amide bonds. The maximum Gasteiger partial charge on any atom is 0.230 e. The van der Waals surface area contributed by atoms with Gasteiger partial charge in [-0.25, -0.2) is 0 Å². The number of nitrogens with zero attached hydrogens (tertiary/aromatic N) is 4. The fraction of sp³-hybridized carbons (Fsp3) is 0.600. The van der Waals surface area contributed by atoms with Crippen molar-refractivity contribution in [2.75, 3.05) is 5.75 Å². The highest BCUT2D eigenvalue weighted by atomic mass is 32.2. The van der Waals surface area contributed by atoms with Gasteiger partial charge in [0.25, 0.3) is 0 Å². The van der Waals surface area contributed by atoms with Crippen LogP contribution in [0.5, 0.6) is 0 Å². The Balaban J connectivity index is 1.56. The molecule has 0 unspecified atom stereocenters. The van der Waals surface area contributed by atoms with Crippen molar-refractivity contribution in [3.8, 4) is 5.69 Å². The summed E-state index contributed by atoms with van der Waals surface area (Å²) in [7, 11) is 0. The molecule has 27 heavy (non-hydrogen) atoms. The molecule has 0 aliphatic heterocycles. The molecule has 0 spiro atoms. The van der Waals surface area contributed by atoms with E-state index in [-0.39, 0.29) is 5.91 Å². The number of benzene rings is 1. The number of thioether (sulfide) groups is 1. The number of hydrogen-bond acceptors (Lipinski definition) is 5. The molecule has 0 radical (unpaired) electrons. The van der Waals surface area contributed by atoms with Gasteiger partial charge in [-0.15, -0.1) is 5.10 Å². The third-order valence-corrected chi connectivity index (χ3v) is 6.15. The maximum atomic E-state index is 12.3. The number of aromatic nitrogens is 4. The molecular formula is C20H29N5OS. The normalized spacial score (nSPS) is 19.8. The monoisotopic (exact) mass is 387 g/mol. The van der Waals surface area contributed by atoms with Gasteiger partial charge in [-0.2, -0.15) is 4.68 Å². The highest BCUT2D eigenvalue weighted by molar-refractivity contribution is 7.99. The second-order valence-electron chi connectivity index (χ2n) is 7.37. The molecule has 1 aromatic heterocycles. The zero-order valence-corrected chi connectivity index (χ0v) is 17.0. The van der Waals surface area contributed by atoms with Gasteiger partial charge in [0.1, 0.15) is 0 Å². The summed E-state index contributed by atoms with van der Waals surface area (Å²) in [6.45, 7) is 4.42. The average Bonchev–Trinajstić information content (AvgIpc) is 3.15. The maximum absolute atomic E-state index is 12.3. The Labute approximate surface area is 165 Å². The first kappa shape index (κ1) is 19.9. The lowest BCUT2D eigenvalue weighted by atomic mass is 9.86. The van der Waals surface area contributed by atoms with Gasteiger partial charge >= 0.3 is 0 Å². The molecule has 1 aliphatic rings. The van der Waals surface area contributed by atoms with Crippen molar-refractivity contribution in [1.29, 1.82) is 0 Å². The Morgan fingerprint density at radius 1 is 1.26 bits per heavy atom. The Morgan fingerprint density at radius 2 is 2.04 bits per heavy atom. The fourth-order valence-electron chi connectivity index (χ4n) is 3.52. The van der Waals surface area contributed by atoms with Gasteiger partial charge in [-0.1, -0.05) is 57.0 Å². The summed E-state index contributed by atoms with van der Waals surface area (Å²) in [4.78, 5) is 12.3. The van der Waals surface area contributed by atoms with Crippen LogP contribution in [-0.4, -0.2) is 37.9 Å². The van der Waals surface area contributed by atoms with Crippen LogP contribution < -0.4 is 5.32 Å². The first-order valence-electron chi connectivity index (χ1n) is 9.97. The number of rotatable bonds is 8. The number of amides is 1. The van der Waals surface area contributed by atoms with E-state index < -0.39 is 0 Å². The molecule has 0 saturated heterocycles. The van der Waals surface area contributed by atoms with Gasteiger partial charge in [0.05, 0.1) is 11.4 Å². The number of unbranched alkanes of at least 4 members (excludes halogenated alkanes) is 1. The number of tetrazole rings is 1. The van der Waals surface area contributed by atoms with Crippen molar-refractivity contribution in [2.24, 2.45) is 5.92 Å². The van der Waals surface area contributed by atoms with E-state index in [1.54, 1.807) is 4.68 Å².